The van der Waals surface area contributed by atoms with Crippen LogP contribution in [0.5, 0.6) is 0 Å². The minimum Gasteiger partial charge on any atom is -0.323 e. The molecule has 1 aromatic rings. The second-order valence-electron chi connectivity index (χ2n) is 6.59. The third-order valence-corrected chi connectivity index (χ3v) is 5.22. The van der Waals surface area contributed by atoms with Gasteiger partial charge in [-0.1, -0.05) is 12.8 Å². The SMILES string of the molecule is NC(CCN1CCC[C@H]2CCCC[C@H]21)c1ccc(F)cn1. The van der Waals surface area contributed by atoms with Crippen LogP contribution >= 0.6 is 0 Å². The van der Waals surface area contributed by atoms with Gasteiger partial charge in [-0.2, -0.15) is 0 Å². The molecule has 1 saturated heterocycles. The number of nitrogens with zero attached hydrogens (tertiary/aromatic N) is 2. The molecule has 2 heterocycles. The van der Waals surface area contributed by atoms with Gasteiger partial charge in [-0.15, -0.1) is 0 Å². The highest BCUT2D eigenvalue weighted by atomic mass is 19.1. The molecule has 116 valence electrons. The predicted octanol–water partition coefficient (Wildman–Crippen LogP) is 3.27. The fraction of sp³-hybridized carbons (Fsp3) is 0.706. The molecule has 2 fully saturated rings. The normalized spacial score (nSPS) is 28.1. The lowest BCUT2D eigenvalue weighted by molar-refractivity contribution is 0.0585. The summed E-state index contributed by atoms with van der Waals surface area (Å²) in [5.41, 5.74) is 7.02. The van der Waals surface area contributed by atoms with Gasteiger partial charge < -0.3 is 10.6 Å². The first-order chi connectivity index (χ1) is 10.2. The van der Waals surface area contributed by atoms with E-state index >= 15 is 0 Å². The van der Waals surface area contributed by atoms with Crippen LogP contribution in [0.2, 0.25) is 0 Å². The molecule has 0 amide bonds. The molecule has 3 rings (SSSR count). The molecule has 3 nitrogen and oxygen atoms in total. The lowest BCUT2D eigenvalue weighted by Crippen LogP contribution is -2.47. The smallest absolute Gasteiger partial charge is 0.141 e. The highest BCUT2D eigenvalue weighted by Gasteiger charge is 2.32. The zero-order valence-electron chi connectivity index (χ0n) is 12.7. The number of nitrogens with two attached hydrogens (primary N) is 1. The number of fused-ring (bicyclic) bond motifs is 1. The van der Waals surface area contributed by atoms with E-state index in [1.807, 2.05) is 0 Å². The van der Waals surface area contributed by atoms with Crippen LogP contribution in [0, 0.1) is 11.7 Å². The highest BCUT2D eigenvalue weighted by Crippen LogP contribution is 2.35. The summed E-state index contributed by atoms with van der Waals surface area (Å²) in [6.07, 6.45) is 10.5. The molecule has 3 atom stereocenters. The number of rotatable bonds is 4. The van der Waals surface area contributed by atoms with Crippen LogP contribution in [-0.4, -0.2) is 29.0 Å². The molecule has 21 heavy (non-hydrogen) atoms. The summed E-state index contributed by atoms with van der Waals surface area (Å²) in [6.45, 7) is 2.26. The van der Waals surface area contributed by atoms with E-state index in [-0.39, 0.29) is 11.9 Å². The van der Waals surface area contributed by atoms with Crippen molar-refractivity contribution in [1.29, 1.82) is 0 Å². The first-order valence-electron chi connectivity index (χ1n) is 8.35. The van der Waals surface area contributed by atoms with Crippen molar-refractivity contribution in [1.82, 2.24) is 9.88 Å². The Kier molecular flexibility index (Phi) is 4.86. The van der Waals surface area contributed by atoms with Crippen LogP contribution in [0.1, 0.15) is 56.7 Å². The maximum Gasteiger partial charge on any atom is 0.141 e. The third kappa shape index (κ3) is 3.61. The maximum atomic E-state index is 12.9. The number of aromatic nitrogens is 1. The van der Waals surface area contributed by atoms with Gasteiger partial charge in [-0.25, -0.2) is 4.39 Å². The minimum atomic E-state index is -0.299. The Hall–Kier alpha value is -1.00. The van der Waals surface area contributed by atoms with Gasteiger partial charge in [0.2, 0.25) is 0 Å². The Morgan fingerprint density at radius 3 is 2.86 bits per heavy atom. The highest BCUT2D eigenvalue weighted by molar-refractivity contribution is 5.09. The standard InChI is InChI=1S/C17H26FN3/c18-14-7-8-16(20-12-14)15(19)9-11-21-10-3-5-13-4-1-2-6-17(13)21/h7-8,12-13,15,17H,1-6,9-11,19H2/t13-,15?,17-/m1/s1. The second kappa shape index (κ2) is 6.84. The topological polar surface area (TPSA) is 42.1 Å². The fourth-order valence-corrected chi connectivity index (χ4v) is 4.06. The second-order valence-corrected chi connectivity index (χ2v) is 6.59. The summed E-state index contributed by atoms with van der Waals surface area (Å²) in [6, 6.07) is 3.84. The van der Waals surface area contributed by atoms with Gasteiger partial charge in [0.1, 0.15) is 5.82 Å². The summed E-state index contributed by atoms with van der Waals surface area (Å²) in [5.74, 6) is 0.611. The molecular weight excluding hydrogens is 265 g/mol. The van der Waals surface area contributed by atoms with Crippen molar-refractivity contribution in [3.8, 4) is 0 Å². The van der Waals surface area contributed by atoms with Crippen LogP contribution < -0.4 is 5.73 Å². The number of pyridine rings is 1. The molecule has 0 bridgehead atoms. The number of piperidine rings is 1. The summed E-state index contributed by atoms with van der Waals surface area (Å²) in [4.78, 5) is 6.75. The van der Waals surface area contributed by atoms with E-state index in [1.165, 1.54) is 57.3 Å². The van der Waals surface area contributed by atoms with Gasteiger partial charge in [0.15, 0.2) is 0 Å². The molecule has 2 aliphatic rings. The zero-order valence-corrected chi connectivity index (χ0v) is 12.7. The number of halogens is 1. The van der Waals surface area contributed by atoms with Crippen molar-refractivity contribution in [2.24, 2.45) is 11.7 Å². The van der Waals surface area contributed by atoms with Crippen molar-refractivity contribution in [2.75, 3.05) is 13.1 Å². The monoisotopic (exact) mass is 291 g/mol. The van der Waals surface area contributed by atoms with E-state index in [2.05, 4.69) is 9.88 Å². The van der Waals surface area contributed by atoms with Gasteiger partial charge in [0.25, 0.3) is 0 Å². The number of hydrogen-bond donors (Lipinski definition) is 1. The Morgan fingerprint density at radius 1 is 1.24 bits per heavy atom. The molecular formula is C17H26FN3. The molecule has 1 saturated carbocycles. The number of likely N-dealkylation sites (tertiary alicyclic amines) is 1. The maximum absolute atomic E-state index is 12.9. The van der Waals surface area contributed by atoms with Crippen LogP contribution in [-0.2, 0) is 0 Å². The predicted molar refractivity (Wildman–Crippen MR) is 82.3 cm³/mol. The van der Waals surface area contributed by atoms with Gasteiger partial charge in [-0.3, -0.25) is 4.98 Å². The summed E-state index contributed by atoms with van der Waals surface area (Å²) < 4.78 is 12.9. The van der Waals surface area contributed by atoms with E-state index in [0.717, 1.165) is 30.6 Å². The van der Waals surface area contributed by atoms with Crippen LogP contribution in [0.4, 0.5) is 4.39 Å². The molecule has 2 N–H and O–H groups in total. The van der Waals surface area contributed by atoms with Crippen LogP contribution in [0.3, 0.4) is 0 Å². The fourth-order valence-electron chi connectivity index (χ4n) is 4.06. The Bertz CT molecular complexity index is 446. The summed E-state index contributed by atoms with van der Waals surface area (Å²) in [5, 5.41) is 0. The molecule has 1 aromatic heterocycles. The lowest BCUT2D eigenvalue weighted by atomic mass is 9.78. The van der Waals surface area contributed by atoms with E-state index in [9.17, 15) is 4.39 Å². The van der Waals surface area contributed by atoms with Gasteiger partial charge in [0.05, 0.1) is 11.9 Å². The average Bonchev–Trinajstić information content (AvgIpc) is 2.53. The molecule has 4 heteroatoms. The largest absolute Gasteiger partial charge is 0.323 e. The van der Waals surface area contributed by atoms with Crippen LogP contribution in [0.15, 0.2) is 18.3 Å². The molecule has 0 radical (unpaired) electrons. The Labute approximate surface area is 126 Å². The molecule has 0 spiro atoms. The van der Waals surface area contributed by atoms with Gasteiger partial charge in [-0.05, 0) is 56.7 Å². The number of hydrogen-bond acceptors (Lipinski definition) is 3. The quantitative estimate of drug-likeness (QED) is 0.926. The molecule has 1 unspecified atom stereocenters. The third-order valence-electron chi connectivity index (χ3n) is 5.22. The molecule has 1 aliphatic heterocycles. The van der Waals surface area contributed by atoms with Crippen molar-refractivity contribution in [3.05, 3.63) is 29.8 Å². The Morgan fingerprint density at radius 2 is 2.05 bits per heavy atom. The first kappa shape index (κ1) is 14.9. The first-order valence-corrected chi connectivity index (χ1v) is 8.35. The zero-order chi connectivity index (χ0) is 14.7. The average molecular weight is 291 g/mol. The van der Waals surface area contributed by atoms with E-state index in [0.29, 0.717) is 0 Å². The van der Waals surface area contributed by atoms with E-state index in [1.54, 1.807) is 6.07 Å². The van der Waals surface area contributed by atoms with Crippen molar-refractivity contribution >= 4 is 0 Å². The molecule has 0 aromatic carbocycles. The van der Waals surface area contributed by atoms with Crippen molar-refractivity contribution < 1.29 is 4.39 Å². The van der Waals surface area contributed by atoms with E-state index in [4.69, 9.17) is 5.73 Å². The van der Waals surface area contributed by atoms with Gasteiger partial charge in [0, 0.05) is 18.6 Å². The van der Waals surface area contributed by atoms with Gasteiger partial charge >= 0.3 is 0 Å². The van der Waals surface area contributed by atoms with Crippen molar-refractivity contribution in [2.45, 2.75) is 57.0 Å². The van der Waals surface area contributed by atoms with E-state index < -0.39 is 0 Å². The minimum absolute atomic E-state index is 0.0884. The summed E-state index contributed by atoms with van der Waals surface area (Å²) in [7, 11) is 0. The molecule has 1 aliphatic carbocycles. The van der Waals surface area contributed by atoms with Crippen LogP contribution in [0.25, 0.3) is 0 Å². The summed E-state index contributed by atoms with van der Waals surface area (Å²) >= 11 is 0. The Balaban J connectivity index is 1.55. The lowest BCUT2D eigenvalue weighted by Gasteiger charge is -2.44. The van der Waals surface area contributed by atoms with Crippen molar-refractivity contribution in [3.63, 3.8) is 0 Å².